The fourth-order valence-corrected chi connectivity index (χ4v) is 3.13. The number of nitrogens with zero attached hydrogens (tertiary/aromatic N) is 1. The third-order valence-electron chi connectivity index (χ3n) is 4.14. The van der Waals surface area contributed by atoms with Gasteiger partial charge in [0.05, 0.1) is 0 Å². The predicted molar refractivity (Wildman–Crippen MR) is 74.1 cm³/mol. The first-order valence-electron chi connectivity index (χ1n) is 6.74. The summed E-state index contributed by atoms with van der Waals surface area (Å²) < 4.78 is 12.0. The Morgan fingerprint density at radius 1 is 1.05 bits per heavy atom. The number of benzene rings is 1. The van der Waals surface area contributed by atoms with Crippen molar-refractivity contribution in [3.63, 3.8) is 0 Å². The third-order valence-corrected chi connectivity index (χ3v) is 4.14. The molecule has 1 aromatic carbocycles. The monoisotopic (exact) mass is 271 g/mol. The summed E-state index contributed by atoms with van der Waals surface area (Å²) in [6.07, 6.45) is 3.76. The highest BCUT2D eigenvalue weighted by molar-refractivity contribution is 6.01. The SMILES string of the molecule is Cn1c(=O)oc2ccc3c4c(c(=O)oc3c21)CCCC4. The van der Waals surface area contributed by atoms with Gasteiger partial charge in [-0.05, 0) is 43.4 Å². The van der Waals surface area contributed by atoms with E-state index in [1.807, 2.05) is 6.07 Å². The van der Waals surface area contributed by atoms with Crippen LogP contribution in [0.2, 0.25) is 0 Å². The van der Waals surface area contributed by atoms with E-state index >= 15 is 0 Å². The van der Waals surface area contributed by atoms with E-state index in [9.17, 15) is 9.59 Å². The maximum absolute atomic E-state index is 12.2. The van der Waals surface area contributed by atoms with Crippen molar-refractivity contribution in [1.82, 2.24) is 4.57 Å². The molecule has 5 nitrogen and oxygen atoms in total. The van der Waals surface area contributed by atoms with Gasteiger partial charge in [-0.15, -0.1) is 0 Å². The average Bonchev–Trinajstić information content (AvgIpc) is 2.75. The van der Waals surface area contributed by atoms with E-state index in [1.54, 1.807) is 13.1 Å². The Morgan fingerprint density at radius 2 is 1.80 bits per heavy atom. The molecule has 0 radical (unpaired) electrons. The Kier molecular flexibility index (Phi) is 2.22. The number of hydrogen-bond acceptors (Lipinski definition) is 4. The fraction of sp³-hybridized carbons (Fsp3) is 0.333. The summed E-state index contributed by atoms with van der Waals surface area (Å²) in [6.45, 7) is 0. The summed E-state index contributed by atoms with van der Waals surface area (Å²) in [5.41, 5.74) is 3.03. The number of rotatable bonds is 0. The van der Waals surface area contributed by atoms with Crippen LogP contribution >= 0.6 is 0 Å². The molecule has 0 spiro atoms. The number of fused-ring (bicyclic) bond motifs is 5. The zero-order valence-corrected chi connectivity index (χ0v) is 11.1. The highest BCUT2D eigenvalue weighted by atomic mass is 16.4. The predicted octanol–water partition coefficient (Wildman–Crippen LogP) is 2.12. The summed E-state index contributed by atoms with van der Waals surface area (Å²) >= 11 is 0. The van der Waals surface area contributed by atoms with Crippen LogP contribution in [0, 0.1) is 0 Å². The summed E-state index contributed by atoms with van der Waals surface area (Å²) in [4.78, 5) is 23.8. The van der Waals surface area contributed by atoms with Crippen LogP contribution in [0.15, 0.2) is 30.6 Å². The van der Waals surface area contributed by atoms with Gasteiger partial charge in [0.15, 0.2) is 11.2 Å². The van der Waals surface area contributed by atoms with Crippen LogP contribution in [-0.2, 0) is 19.9 Å². The summed E-state index contributed by atoms with van der Waals surface area (Å²) in [6, 6.07) is 3.65. The molecule has 0 fully saturated rings. The molecule has 5 heteroatoms. The van der Waals surface area contributed by atoms with Gasteiger partial charge in [-0.2, -0.15) is 0 Å². The minimum atomic E-state index is -0.451. The van der Waals surface area contributed by atoms with Crippen molar-refractivity contribution in [2.75, 3.05) is 0 Å². The average molecular weight is 271 g/mol. The first-order chi connectivity index (χ1) is 9.66. The third kappa shape index (κ3) is 1.37. The molecule has 0 saturated heterocycles. The number of aromatic nitrogens is 1. The molecule has 2 heterocycles. The largest absolute Gasteiger partial charge is 0.420 e. The maximum Gasteiger partial charge on any atom is 0.419 e. The number of hydrogen-bond donors (Lipinski definition) is 0. The van der Waals surface area contributed by atoms with Gasteiger partial charge in [-0.1, -0.05) is 0 Å². The van der Waals surface area contributed by atoms with Gasteiger partial charge >= 0.3 is 11.4 Å². The minimum absolute atomic E-state index is 0.284. The molecule has 1 aliphatic carbocycles. The molecule has 3 aromatic rings. The van der Waals surface area contributed by atoms with Crippen LogP contribution in [0.3, 0.4) is 0 Å². The highest BCUT2D eigenvalue weighted by Gasteiger charge is 2.21. The lowest BCUT2D eigenvalue weighted by Gasteiger charge is -2.16. The molecule has 0 unspecified atom stereocenters. The topological polar surface area (TPSA) is 65.3 Å². The highest BCUT2D eigenvalue weighted by Crippen LogP contribution is 2.30. The molecule has 102 valence electrons. The van der Waals surface area contributed by atoms with Crippen molar-refractivity contribution < 1.29 is 8.83 Å². The molecular formula is C15H13NO4. The first-order valence-corrected chi connectivity index (χ1v) is 6.74. The molecule has 0 aliphatic heterocycles. The first kappa shape index (κ1) is 11.5. The van der Waals surface area contributed by atoms with Gasteiger partial charge in [-0.25, -0.2) is 9.59 Å². The zero-order chi connectivity index (χ0) is 13.9. The van der Waals surface area contributed by atoms with Crippen LogP contribution in [0.1, 0.15) is 24.0 Å². The van der Waals surface area contributed by atoms with E-state index in [0.717, 1.165) is 42.2 Å². The van der Waals surface area contributed by atoms with Crippen LogP contribution in [0.4, 0.5) is 0 Å². The number of oxazole rings is 1. The Balaban J connectivity index is 2.27. The lowest BCUT2D eigenvalue weighted by molar-refractivity contribution is 0.527. The molecule has 1 aliphatic rings. The van der Waals surface area contributed by atoms with Crippen molar-refractivity contribution in [3.8, 4) is 0 Å². The molecule has 0 saturated carbocycles. The molecule has 0 bridgehead atoms. The van der Waals surface area contributed by atoms with Gasteiger partial charge < -0.3 is 8.83 Å². The quantitative estimate of drug-likeness (QED) is 0.587. The van der Waals surface area contributed by atoms with Crippen LogP contribution in [0.25, 0.3) is 22.1 Å². The van der Waals surface area contributed by atoms with Gasteiger partial charge in [0.2, 0.25) is 0 Å². The Bertz CT molecular complexity index is 958. The van der Waals surface area contributed by atoms with Crippen LogP contribution < -0.4 is 11.4 Å². The zero-order valence-electron chi connectivity index (χ0n) is 11.1. The van der Waals surface area contributed by atoms with Crippen molar-refractivity contribution >= 4 is 22.1 Å². The van der Waals surface area contributed by atoms with Crippen LogP contribution in [0.5, 0.6) is 0 Å². The lowest BCUT2D eigenvalue weighted by atomic mass is 9.90. The van der Waals surface area contributed by atoms with Crippen molar-refractivity contribution in [2.45, 2.75) is 25.7 Å². The lowest BCUT2D eigenvalue weighted by Crippen LogP contribution is -2.16. The maximum atomic E-state index is 12.2. The summed E-state index contributed by atoms with van der Waals surface area (Å²) in [5, 5.41) is 0.920. The summed E-state index contributed by atoms with van der Waals surface area (Å²) in [5.74, 6) is -0.451. The van der Waals surface area contributed by atoms with Gasteiger partial charge in [-0.3, -0.25) is 4.57 Å². The van der Waals surface area contributed by atoms with E-state index in [4.69, 9.17) is 8.83 Å². The number of aryl methyl sites for hydroxylation is 2. The molecule has 2 aromatic heterocycles. The van der Waals surface area contributed by atoms with E-state index in [1.165, 1.54) is 4.57 Å². The van der Waals surface area contributed by atoms with Gasteiger partial charge in [0.1, 0.15) is 5.52 Å². The van der Waals surface area contributed by atoms with Crippen molar-refractivity contribution in [3.05, 3.63) is 44.2 Å². The van der Waals surface area contributed by atoms with Crippen molar-refractivity contribution in [1.29, 1.82) is 0 Å². The second kappa shape index (κ2) is 3.85. The standard InChI is InChI=1S/C15H13NO4/c1-16-12-11(19-15(16)18)7-6-9-8-4-2-3-5-10(8)14(17)20-13(9)12/h6-7H,2-5H2,1H3. The normalized spacial score (nSPS) is 14.8. The van der Waals surface area contributed by atoms with E-state index in [-0.39, 0.29) is 5.63 Å². The minimum Gasteiger partial charge on any atom is -0.420 e. The van der Waals surface area contributed by atoms with Gasteiger partial charge in [0, 0.05) is 18.0 Å². The van der Waals surface area contributed by atoms with Crippen LogP contribution in [-0.4, -0.2) is 4.57 Å². The molecule has 4 rings (SSSR count). The fourth-order valence-electron chi connectivity index (χ4n) is 3.13. The van der Waals surface area contributed by atoms with E-state index < -0.39 is 5.76 Å². The second-order valence-electron chi connectivity index (χ2n) is 5.27. The van der Waals surface area contributed by atoms with E-state index in [0.29, 0.717) is 16.7 Å². The molecule has 0 atom stereocenters. The summed E-state index contributed by atoms with van der Waals surface area (Å²) in [7, 11) is 1.62. The van der Waals surface area contributed by atoms with Crippen molar-refractivity contribution in [2.24, 2.45) is 7.05 Å². The second-order valence-corrected chi connectivity index (χ2v) is 5.27. The molecule has 0 N–H and O–H groups in total. The molecular weight excluding hydrogens is 258 g/mol. The Morgan fingerprint density at radius 3 is 2.60 bits per heavy atom. The van der Waals surface area contributed by atoms with Gasteiger partial charge in [0.25, 0.3) is 0 Å². The molecule has 0 amide bonds. The molecule has 20 heavy (non-hydrogen) atoms. The Hall–Kier alpha value is -2.30. The Labute approximate surface area is 113 Å². The van der Waals surface area contributed by atoms with E-state index in [2.05, 4.69) is 0 Å². The smallest absolute Gasteiger partial charge is 0.419 e.